The molecule has 0 aliphatic heterocycles. The average molecular weight is 307 g/mol. The van der Waals surface area contributed by atoms with Gasteiger partial charge in [-0.05, 0) is 18.6 Å². The van der Waals surface area contributed by atoms with Crippen LogP contribution in [-0.4, -0.2) is 42.3 Å². The first-order chi connectivity index (χ1) is 10.5. The molecule has 2 amide bonds. The number of para-hydroxylation sites is 1. The largest absolute Gasteiger partial charge is 0.481 e. The summed E-state index contributed by atoms with van der Waals surface area (Å²) in [5.41, 5.74) is 2.55. The van der Waals surface area contributed by atoms with Crippen molar-refractivity contribution in [2.45, 2.75) is 13.3 Å². The lowest BCUT2D eigenvalue weighted by Crippen LogP contribution is -2.38. The third kappa shape index (κ3) is 6.04. The Morgan fingerprint density at radius 3 is 2.68 bits per heavy atom. The Bertz CT molecular complexity index is 571. The van der Waals surface area contributed by atoms with Crippen molar-refractivity contribution in [1.82, 2.24) is 10.7 Å². The number of hydrazone groups is 1. The highest BCUT2D eigenvalue weighted by atomic mass is 16.5. The highest BCUT2D eigenvalue weighted by Gasteiger charge is 2.11. The molecular weight excluding hydrogens is 290 g/mol. The molecule has 8 heteroatoms. The third-order valence-electron chi connectivity index (χ3n) is 2.38. The number of carbonyl (C=O) groups is 3. The summed E-state index contributed by atoms with van der Waals surface area (Å²) in [5, 5.41) is 14.6. The van der Waals surface area contributed by atoms with E-state index in [-0.39, 0.29) is 0 Å². The van der Waals surface area contributed by atoms with Crippen molar-refractivity contribution in [3.05, 3.63) is 29.8 Å². The molecule has 0 unspecified atom stereocenters. The molecule has 0 saturated heterocycles. The van der Waals surface area contributed by atoms with Gasteiger partial charge in [0.1, 0.15) is 5.75 Å². The van der Waals surface area contributed by atoms with E-state index in [0.29, 0.717) is 17.9 Å². The fourth-order valence-electron chi connectivity index (χ4n) is 1.39. The maximum atomic E-state index is 11.4. The van der Waals surface area contributed by atoms with Gasteiger partial charge in [0.25, 0.3) is 0 Å². The number of rotatable bonds is 7. The van der Waals surface area contributed by atoms with Crippen LogP contribution in [-0.2, 0) is 14.4 Å². The van der Waals surface area contributed by atoms with E-state index in [1.807, 2.05) is 6.92 Å². The Balaban J connectivity index is 2.60. The summed E-state index contributed by atoms with van der Waals surface area (Å²) in [5.74, 6) is -2.45. The molecule has 0 fully saturated rings. The Hall–Kier alpha value is -2.90. The number of nitrogens with zero attached hydrogens (tertiary/aromatic N) is 1. The predicted octanol–water partition coefficient (Wildman–Crippen LogP) is 0.126. The molecule has 0 aliphatic carbocycles. The van der Waals surface area contributed by atoms with E-state index in [1.54, 1.807) is 24.3 Å². The number of hydrogen-bond donors (Lipinski definition) is 3. The molecular formula is C14H17N3O5. The highest BCUT2D eigenvalue weighted by molar-refractivity contribution is 6.35. The summed E-state index contributed by atoms with van der Waals surface area (Å²) in [6, 6.07) is 6.57. The maximum Gasteiger partial charge on any atom is 0.341 e. The summed E-state index contributed by atoms with van der Waals surface area (Å²) >= 11 is 0. The molecule has 0 spiro atoms. The number of amides is 2. The quantitative estimate of drug-likeness (QED) is 0.376. The molecule has 1 aromatic carbocycles. The molecule has 0 saturated carbocycles. The number of carbonyl (C=O) groups excluding carboxylic acids is 2. The minimum absolute atomic E-state index is 0.304. The van der Waals surface area contributed by atoms with Crippen molar-refractivity contribution in [3.63, 3.8) is 0 Å². The van der Waals surface area contributed by atoms with Gasteiger partial charge in [-0.1, -0.05) is 19.1 Å². The van der Waals surface area contributed by atoms with Gasteiger partial charge in [0.15, 0.2) is 6.61 Å². The lowest BCUT2D eigenvalue weighted by Gasteiger charge is -2.06. The number of nitrogens with one attached hydrogen (secondary N) is 2. The van der Waals surface area contributed by atoms with Crippen molar-refractivity contribution in [2.75, 3.05) is 13.2 Å². The average Bonchev–Trinajstić information content (AvgIpc) is 2.51. The summed E-state index contributed by atoms with van der Waals surface area (Å²) in [6.45, 7) is 1.78. The Morgan fingerprint density at radius 2 is 2.00 bits per heavy atom. The van der Waals surface area contributed by atoms with Crippen LogP contribution in [0.25, 0.3) is 0 Å². The fraction of sp³-hybridized carbons (Fsp3) is 0.286. The second-order valence-electron chi connectivity index (χ2n) is 4.18. The Morgan fingerprint density at radius 1 is 1.27 bits per heavy atom. The molecule has 1 aromatic rings. The van der Waals surface area contributed by atoms with Crippen LogP contribution in [0.1, 0.15) is 18.9 Å². The lowest BCUT2D eigenvalue weighted by atomic mass is 10.2. The first-order valence-electron chi connectivity index (χ1n) is 6.59. The van der Waals surface area contributed by atoms with Crippen LogP contribution in [0.5, 0.6) is 5.75 Å². The van der Waals surface area contributed by atoms with Gasteiger partial charge in [-0.15, -0.1) is 0 Å². The smallest absolute Gasteiger partial charge is 0.341 e. The zero-order valence-electron chi connectivity index (χ0n) is 12.0. The zero-order valence-corrected chi connectivity index (χ0v) is 12.0. The van der Waals surface area contributed by atoms with E-state index in [9.17, 15) is 14.4 Å². The number of carboxylic acid groups (broad SMARTS) is 1. The monoisotopic (exact) mass is 307 g/mol. The fourth-order valence-corrected chi connectivity index (χ4v) is 1.39. The van der Waals surface area contributed by atoms with Crippen molar-refractivity contribution in [1.29, 1.82) is 0 Å². The van der Waals surface area contributed by atoms with Gasteiger partial charge in [-0.2, -0.15) is 5.10 Å². The standard InChI is InChI=1S/C14H17N3O5/c1-2-7-15-13(20)14(21)17-16-8-10-5-3-4-6-11(10)22-9-12(18)19/h3-6,8H,2,7,9H2,1H3,(H,15,20)(H,17,21)(H,18,19)/b16-8-. The molecule has 0 heterocycles. The van der Waals surface area contributed by atoms with Crippen molar-refractivity contribution in [2.24, 2.45) is 5.10 Å². The minimum Gasteiger partial charge on any atom is -0.481 e. The van der Waals surface area contributed by atoms with E-state index in [4.69, 9.17) is 9.84 Å². The molecule has 118 valence electrons. The van der Waals surface area contributed by atoms with Crippen molar-refractivity contribution < 1.29 is 24.2 Å². The van der Waals surface area contributed by atoms with Crippen LogP contribution < -0.4 is 15.5 Å². The van der Waals surface area contributed by atoms with Gasteiger partial charge in [-0.3, -0.25) is 9.59 Å². The first kappa shape index (κ1) is 17.2. The molecule has 3 N–H and O–H groups in total. The number of aliphatic carboxylic acids is 1. The second kappa shape index (κ2) is 9.11. The van der Waals surface area contributed by atoms with Gasteiger partial charge < -0.3 is 15.2 Å². The van der Waals surface area contributed by atoms with E-state index < -0.39 is 24.4 Å². The van der Waals surface area contributed by atoms with Crippen LogP contribution >= 0.6 is 0 Å². The normalized spacial score (nSPS) is 10.2. The van der Waals surface area contributed by atoms with Crippen molar-refractivity contribution >= 4 is 24.0 Å². The SMILES string of the molecule is CCCNC(=O)C(=O)N/N=C\c1ccccc1OCC(=O)O. The predicted molar refractivity (Wildman–Crippen MR) is 78.6 cm³/mol. The van der Waals surface area contributed by atoms with Gasteiger partial charge in [0.05, 0.1) is 6.21 Å². The summed E-state index contributed by atoms with van der Waals surface area (Å²) in [7, 11) is 0. The summed E-state index contributed by atoms with van der Waals surface area (Å²) in [4.78, 5) is 33.2. The molecule has 0 atom stereocenters. The number of ether oxygens (including phenoxy) is 1. The third-order valence-corrected chi connectivity index (χ3v) is 2.38. The molecule has 0 bridgehead atoms. The number of benzene rings is 1. The number of hydrogen-bond acceptors (Lipinski definition) is 5. The summed E-state index contributed by atoms with van der Waals surface area (Å²) < 4.78 is 5.07. The molecule has 0 aromatic heterocycles. The van der Waals surface area contributed by atoms with Gasteiger partial charge in [0.2, 0.25) is 0 Å². The first-order valence-corrected chi connectivity index (χ1v) is 6.59. The second-order valence-corrected chi connectivity index (χ2v) is 4.18. The maximum absolute atomic E-state index is 11.4. The highest BCUT2D eigenvalue weighted by Crippen LogP contribution is 2.15. The van der Waals surface area contributed by atoms with E-state index >= 15 is 0 Å². The van der Waals surface area contributed by atoms with Crippen molar-refractivity contribution in [3.8, 4) is 5.75 Å². The molecule has 1 rings (SSSR count). The molecule has 8 nitrogen and oxygen atoms in total. The topological polar surface area (TPSA) is 117 Å². The van der Waals surface area contributed by atoms with Gasteiger partial charge in [0, 0.05) is 12.1 Å². The van der Waals surface area contributed by atoms with Crippen LogP contribution in [0.3, 0.4) is 0 Å². The van der Waals surface area contributed by atoms with Crippen LogP contribution in [0.2, 0.25) is 0 Å². The van der Waals surface area contributed by atoms with E-state index in [0.717, 1.165) is 6.42 Å². The molecule has 0 aliphatic rings. The minimum atomic E-state index is -1.10. The number of carboxylic acids is 1. The van der Waals surface area contributed by atoms with E-state index in [2.05, 4.69) is 15.8 Å². The van der Waals surface area contributed by atoms with E-state index in [1.165, 1.54) is 6.21 Å². The zero-order chi connectivity index (χ0) is 16.4. The lowest BCUT2D eigenvalue weighted by molar-refractivity contribution is -0.139. The Labute approximate surface area is 127 Å². The summed E-state index contributed by atoms with van der Waals surface area (Å²) in [6.07, 6.45) is 1.98. The molecule has 22 heavy (non-hydrogen) atoms. The van der Waals surface area contributed by atoms with Gasteiger partial charge in [-0.25, -0.2) is 10.2 Å². The molecule has 0 radical (unpaired) electrons. The van der Waals surface area contributed by atoms with Crippen LogP contribution in [0.15, 0.2) is 29.4 Å². The van der Waals surface area contributed by atoms with Gasteiger partial charge >= 0.3 is 17.8 Å². The van der Waals surface area contributed by atoms with Crippen LogP contribution in [0.4, 0.5) is 0 Å². The van der Waals surface area contributed by atoms with Crippen LogP contribution in [0, 0.1) is 0 Å². The Kier molecular flexibility index (Phi) is 7.10.